The zero-order valence-corrected chi connectivity index (χ0v) is 21.0. The Morgan fingerprint density at radius 3 is 2.44 bits per heavy atom. The van der Waals surface area contributed by atoms with Gasteiger partial charge in [-0.3, -0.25) is 0 Å². The average molecular weight is 543 g/mol. The number of hydrogen-bond donors (Lipinski definition) is 1. The largest absolute Gasteiger partial charge is 0.506 e. The molecule has 7 nitrogen and oxygen atoms in total. The van der Waals surface area contributed by atoms with Gasteiger partial charge in [0.15, 0.2) is 0 Å². The van der Waals surface area contributed by atoms with Gasteiger partial charge in [-0.2, -0.15) is 13.2 Å². The van der Waals surface area contributed by atoms with Crippen LogP contribution in [0, 0.1) is 5.82 Å². The predicted octanol–water partition coefficient (Wildman–Crippen LogP) is 5.52. The number of nitrogens with zero attached hydrogens (tertiary/aromatic N) is 4. The standard InChI is InChI=1S/C28H26F4N4O3/c1-39-20-5-2-4-19(17-20)34-11-13-35(14-12-34)27-33-26-21(6-3-7-22(26)29)23(10-15-37)36(27)24-16-18(28(30,31)32)8-9-25(24)38/h2-9,15-17,23,38H,10-14H2,1H3/t23-/m0/s1. The molecule has 0 bridgehead atoms. The summed E-state index contributed by atoms with van der Waals surface area (Å²) in [5.74, 6) is -0.147. The number of methoxy groups -OCH3 is 1. The van der Waals surface area contributed by atoms with Crippen LogP contribution in [-0.4, -0.2) is 55.5 Å². The summed E-state index contributed by atoms with van der Waals surface area (Å²) in [6.45, 7) is 1.89. The average Bonchev–Trinajstić information content (AvgIpc) is 2.93. The molecule has 204 valence electrons. The Bertz CT molecular complexity index is 1400. The van der Waals surface area contributed by atoms with Crippen molar-refractivity contribution in [3.05, 3.63) is 77.6 Å². The lowest BCUT2D eigenvalue weighted by atomic mass is 9.97. The number of para-hydroxylation sites is 1. The molecule has 11 heteroatoms. The van der Waals surface area contributed by atoms with Gasteiger partial charge in [0, 0.05) is 49.9 Å². The van der Waals surface area contributed by atoms with E-state index in [0.717, 1.165) is 23.9 Å². The van der Waals surface area contributed by atoms with E-state index < -0.39 is 29.3 Å². The van der Waals surface area contributed by atoms with Gasteiger partial charge in [0.1, 0.15) is 29.3 Å². The molecule has 5 rings (SSSR count). The van der Waals surface area contributed by atoms with Gasteiger partial charge in [0.25, 0.3) is 0 Å². The number of fused-ring (bicyclic) bond motifs is 1. The van der Waals surface area contributed by atoms with Gasteiger partial charge in [-0.25, -0.2) is 9.38 Å². The fraction of sp³-hybridized carbons (Fsp3) is 0.286. The molecule has 2 aliphatic heterocycles. The number of carbonyl (C=O) groups is 1. The van der Waals surface area contributed by atoms with Gasteiger partial charge in [-0.05, 0) is 36.4 Å². The van der Waals surface area contributed by atoms with Crippen LogP contribution in [0.2, 0.25) is 0 Å². The molecule has 1 atom stereocenters. The summed E-state index contributed by atoms with van der Waals surface area (Å²) in [6, 6.07) is 13.6. The van der Waals surface area contributed by atoms with Gasteiger partial charge in [-0.1, -0.05) is 18.2 Å². The molecule has 1 N–H and O–H groups in total. The van der Waals surface area contributed by atoms with E-state index in [1.165, 1.54) is 17.0 Å². The third kappa shape index (κ3) is 5.08. The number of phenols is 1. The van der Waals surface area contributed by atoms with E-state index in [9.17, 15) is 27.5 Å². The second-order valence-electron chi connectivity index (χ2n) is 9.25. The molecule has 0 unspecified atom stereocenters. The molecular weight excluding hydrogens is 516 g/mol. The highest BCUT2D eigenvalue weighted by molar-refractivity contribution is 6.02. The number of halogens is 4. The van der Waals surface area contributed by atoms with Crippen molar-refractivity contribution in [3.8, 4) is 11.5 Å². The first-order chi connectivity index (χ1) is 18.7. The minimum absolute atomic E-state index is 0.0253. The first-order valence-electron chi connectivity index (χ1n) is 12.4. The smallest absolute Gasteiger partial charge is 0.416 e. The maximum atomic E-state index is 15.0. The van der Waals surface area contributed by atoms with Crippen LogP contribution in [0.25, 0.3) is 0 Å². The van der Waals surface area contributed by atoms with Gasteiger partial charge < -0.3 is 29.3 Å². The molecule has 1 fully saturated rings. The molecule has 3 aromatic carbocycles. The molecule has 2 heterocycles. The van der Waals surface area contributed by atoms with Crippen molar-refractivity contribution in [1.82, 2.24) is 4.90 Å². The van der Waals surface area contributed by atoms with Crippen molar-refractivity contribution in [2.75, 3.05) is 43.1 Å². The summed E-state index contributed by atoms with van der Waals surface area (Å²) in [5, 5.41) is 10.7. The van der Waals surface area contributed by atoms with Gasteiger partial charge in [0.05, 0.1) is 24.4 Å². The van der Waals surface area contributed by atoms with Crippen LogP contribution in [0.1, 0.15) is 23.6 Å². The predicted molar refractivity (Wildman–Crippen MR) is 139 cm³/mol. The first kappa shape index (κ1) is 26.3. The molecule has 2 aliphatic rings. The van der Waals surface area contributed by atoms with Gasteiger partial charge in [0.2, 0.25) is 5.96 Å². The van der Waals surface area contributed by atoms with Crippen molar-refractivity contribution < 1.29 is 32.2 Å². The third-order valence-corrected chi connectivity index (χ3v) is 6.98. The minimum Gasteiger partial charge on any atom is -0.506 e. The van der Waals surface area contributed by atoms with E-state index >= 15 is 0 Å². The third-order valence-electron chi connectivity index (χ3n) is 6.98. The van der Waals surface area contributed by atoms with E-state index in [4.69, 9.17) is 4.74 Å². The van der Waals surface area contributed by atoms with Crippen LogP contribution < -0.4 is 14.5 Å². The lowest BCUT2D eigenvalue weighted by Crippen LogP contribution is -2.55. The molecule has 0 amide bonds. The zero-order chi connectivity index (χ0) is 27.7. The number of anilines is 2. The van der Waals surface area contributed by atoms with Crippen LogP contribution in [0.15, 0.2) is 65.7 Å². The topological polar surface area (TPSA) is 68.6 Å². The highest BCUT2D eigenvalue weighted by Gasteiger charge is 2.39. The second-order valence-corrected chi connectivity index (χ2v) is 9.25. The fourth-order valence-corrected chi connectivity index (χ4v) is 5.04. The molecule has 0 aromatic heterocycles. The number of phenolic OH excluding ortho intramolecular Hbond substituents is 1. The fourth-order valence-electron chi connectivity index (χ4n) is 5.04. The number of guanidine groups is 1. The number of carbonyl (C=O) groups excluding carboxylic acids is 1. The summed E-state index contributed by atoms with van der Waals surface area (Å²) in [5.41, 5.74) is 0.185. The van der Waals surface area contributed by atoms with Crippen LogP contribution in [0.3, 0.4) is 0 Å². The van der Waals surface area contributed by atoms with Crippen molar-refractivity contribution in [3.63, 3.8) is 0 Å². The second kappa shape index (κ2) is 10.5. The Hall–Kier alpha value is -4.28. The monoisotopic (exact) mass is 542 g/mol. The van der Waals surface area contributed by atoms with E-state index in [1.807, 2.05) is 29.2 Å². The molecule has 3 aromatic rings. The number of aromatic hydroxyl groups is 1. The number of piperazine rings is 1. The van der Waals surface area contributed by atoms with Crippen molar-refractivity contribution >= 4 is 29.3 Å². The zero-order valence-electron chi connectivity index (χ0n) is 21.0. The number of ether oxygens (including phenoxy) is 1. The van der Waals surface area contributed by atoms with Gasteiger partial charge >= 0.3 is 6.18 Å². The summed E-state index contributed by atoms with van der Waals surface area (Å²) in [4.78, 5) is 21.7. The first-order valence-corrected chi connectivity index (χ1v) is 12.4. The number of alkyl halides is 3. The summed E-state index contributed by atoms with van der Waals surface area (Å²) in [7, 11) is 1.59. The molecule has 0 spiro atoms. The van der Waals surface area contributed by atoms with Crippen molar-refractivity contribution in [2.45, 2.75) is 18.6 Å². The Balaban J connectivity index is 1.57. The van der Waals surface area contributed by atoms with Crippen molar-refractivity contribution in [2.24, 2.45) is 4.99 Å². The Morgan fingerprint density at radius 1 is 1.03 bits per heavy atom. The lowest BCUT2D eigenvalue weighted by molar-refractivity contribution is -0.137. The van der Waals surface area contributed by atoms with E-state index in [-0.39, 0.29) is 23.8 Å². The van der Waals surface area contributed by atoms with Crippen LogP contribution in [0.5, 0.6) is 11.5 Å². The van der Waals surface area contributed by atoms with E-state index in [0.29, 0.717) is 43.8 Å². The molecule has 0 saturated carbocycles. The maximum Gasteiger partial charge on any atom is 0.416 e. The Morgan fingerprint density at radius 2 is 1.74 bits per heavy atom. The quantitative estimate of drug-likeness (QED) is 0.338. The lowest BCUT2D eigenvalue weighted by Gasteiger charge is -2.45. The molecule has 39 heavy (non-hydrogen) atoms. The van der Waals surface area contributed by atoms with Crippen LogP contribution >= 0.6 is 0 Å². The number of hydrogen-bond acceptors (Lipinski definition) is 7. The van der Waals surface area contributed by atoms with E-state index in [1.54, 1.807) is 13.2 Å². The van der Waals surface area contributed by atoms with Crippen LogP contribution in [0.4, 0.5) is 34.6 Å². The molecular formula is C28H26F4N4O3. The van der Waals surface area contributed by atoms with Gasteiger partial charge in [-0.15, -0.1) is 0 Å². The van der Waals surface area contributed by atoms with Crippen molar-refractivity contribution in [1.29, 1.82) is 0 Å². The summed E-state index contributed by atoms with van der Waals surface area (Å²) >= 11 is 0. The SMILES string of the molecule is COc1cccc(N2CCN(C3=Nc4c(F)cccc4[C@H](CC=O)N3c3cc(C(F)(F)F)ccc3O)CC2)c1. The van der Waals surface area contributed by atoms with E-state index in [2.05, 4.69) is 9.89 Å². The molecule has 0 aliphatic carbocycles. The number of benzene rings is 3. The Kier molecular flexibility index (Phi) is 7.07. The molecule has 1 saturated heterocycles. The van der Waals surface area contributed by atoms with Crippen LogP contribution in [-0.2, 0) is 11.0 Å². The number of aldehydes is 1. The normalized spacial score (nSPS) is 17.5. The number of aliphatic imine (C=N–C) groups is 1. The Labute approximate surface area is 222 Å². The highest BCUT2D eigenvalue weighted by Crippen LogP contribution is 2.45. The summed E-state index contributed by atoms with van der Waals surface area (Å²) < 4.78 is 61.2. The summed E-state index contributed by atoms with van der Waals surface area (Å²) in [6.07, 6.45) is -4.20. The maximum absolute atomic E-state index is 15.0. The minimum atomic E-state index is -4.66. The molecule has 0 radical (unpaired) electrons. The number of rotatable bonds is 5. The highest BCUT2D eigenvalue weighted by atomic mass is 19.4.